The molecule has 6 nitrogen and oxygen atoms in total. The van der Waals surface area contributed by atoms with Gasteiger partial charge in [0.25, 0.3) is 5.91 Å². The number of carbonyl (C=O) groups excluding carboxylic acids is 2. The van der Waals surface area contributed by atoms with Gasteiger partial charge in [-0.25, -0.2) is 4.98 Å². The third-order valence-electron chi connectivity index (χ3n) is 5.08. The van der Waals surface area contributed by atoms with Crippen molar-refractivity contribution < 1.29 is 9.59 Å². The van der Waals surface area contributed by atoms with Gasteiger partial charge < -0.3 is 5.32 Å². The zero-order valence-corrected chi connectivity index (χ0v) is 16.6. The highest BCUT2D eigenvalue weighted by Gasteiger charge is 2.24. The van der Waals surface area contributed by atoms with E-state index in [-0.39, 0.29) is 11.8 Å². The molecule has 1 aliphatic rings. The normalized spacial score (nSPS) is 12.9. The summed E-state index contributed by atoms with van der Waals surface area (Å²) in [7, 11) is 0. The monoisotopic (exact) mass is 402 g/mol. The van der Waals surface area contributed by atoms with Crippen molar-refractivity contribution in [1.29, 1.82) is 0 Å². The van der Waals surface area contributed by atoms with E-state index < -0.39 is 0 Å². The van der Waals surface area contributed by atoms with Crippen LogP contribution in [0.3, 0.4) is 0 Å². The van der Waals surface area contributed by atoms with Crippen LogP contribution >= 0.6 is 11.3 Å². The number of rotatable bonds is 3. The van der Waals surface area contributed by atoms with Crippen LogP contribution in [0.5, 0.6) is 0 Å². The minimum absolute atomic E-state index is 0.124. The third kappa shape index (κ3) is 3.23. The smallest absolute Gasteiger partial charge is 0.258 e. The molecule has 0 spiro atoms. The first-order valence-electron chi connectivity index (χ1n) is 9.48. The Hall–Kier alpha value is -3.32. The van der Waals surface area contributed by atoms with E-state index in [1.165, 1.54) is 18.3 Å². The molecule has 0 atom stereocenters. The van der Waals surface area contributed by atoms with E-state index in [2.05, 4.69) is 15.6 Å². The predicted molar refractivity (Wildman–Crippen MR) is 116 cm³/mol. The van der Waals surface area contributed by atoms with Gasteiger partial charge in [0.05, 0.1) is 21.3 Å². The average molecular weight is 402 g/mol. The maximum atomic E-state index is 13.2. The standard InChI is InChI=1S/C22H18N4O2S/c1-12(27)23-13-9-10-18-19(11-13)29-22(25-18)26-21(28)20-14-5-2-3-7-16(14)24-17-8-4-6-15(17)20/h2-3,5,7,9-11H,4,6,8H2,1H3,(H,23,27)(H,25,26,28). The van der Waals surface area contributed by atoms with Crippen molar-refractivity contribution in [2.45, 2.75) is 26.2 Å². The summed E-state index contributed by atoms with van der Waals surface area (Å²) in [6, 6.07) is 13.3. The molecule has 2 N–H and O–H groups in total. The van der Waals surface area contributed by atoms with Crippen LogP contribution in [0.1, 0.15) is 35.0 Å². The summed E-state index contributed by atoms with van der Waals surface area (Å²) in [4.78, 5) is 33.8. The number of amides is 2. The van der Waals surface area contributed by atoms with Crippen LogP contribution in [-0.2, 0) is 17.6 Å². The van der Waals surface area contributed by atoms with Crippen molar-refractivity contribution in [1.82, 2.24) is 9.97 Å². The Bertz CT molecular complexity index is 1290. The van der Waals surface area contributed by atoms with E-state index in [0.29, 0.717) is 16.4 Å². The fraction of sp³-hybridized carbons (Fsp3) is 0.182. The molecule has 2 aromatic heterocycles. The van der Waals surface area contributed by atoms with Gasteiger partial charge in [0, 0.05) is 23.7 Å². The minimum Gasteiger partial charge on any atom is -0.326 e. The number of anilines is 2. The van der Waals surface area contributed by atoms with Crippen LogP contribution in [0.4, 0.5) is 10.8 Å². The summed E-state index contributed by atoms with van der Waals surface area (Å²) < 4.78 is 0.899. The Morgan fingerprint density at radius 1 is 1.00 bits per heavy atom. The van der Waals surface area contributed by atoms with Crippen molar-refractivity contribution in [2.75, 3.05) is 10.6 Å². The highest BCUT2D eigenvalue weighted by Crippen LogP contribution is 2.32. The van der Waals surface area contributed by atoms with Crippen LogP contribution in [0, 0.1) is 0 Å². The number of nitrogens with one attached hydrogen (secondary N) is 2. The SMILES string of the molecule is CC(=O)Nc1ccc2nc(NC(=O)c3c4c(nc5ccccc35)CCC4)sc2c1. The van der Waals surface area contributed by atoms with E-state index in [4.69, 9.17) is 4.98 Å². The number of aryl methyl sites for hydroxylation is 1. The van der Waals surface area contributed by atoms with Crippen molar-refractivity contribution in [2.24, 2.45) is 0 Å². The van der Waals surface area contributed by atoms with Crippen LogP contribution < -0.4 is 10.6 Å². The van der Waals surface area contributed by atoms with Gasteiger partial charge in [-0.3, -0.25) is 19.9 Å². The highest BCUT2D eigenvalue weighted by molar-refractivity contribution is 7.22. The first-order valence-corrected chi connectivity index (χ1v) is 10.3. The summed E-state index contributed by atoms with van der Waals surface area (Å²) in [5.74, 6) is -0.274. The molecule has 144 valence electrons. The Morgan fingerprint density at radius 2 is 1.86 bits per heavy atom. The second kappa shape index (κ2) is 6.93. The maximum absolute atomic E-state index is 13.2. The van der Waals surface area contributed by atoms with Crippen molar-refractivity contribution in [3.63, 3.8) is 0 Å². The number of para-hydroxylation sites is 1. The van der Waals surface area contributed by atoms with E-state index >= 15 is 0 Å². The van der Waals surface area contributed by atoms with Gasteiger partial charge in [-0.1, -0.05) is 29.5 Å². The zero-order chi connectivity index (χ0) is 20.0. The van der Waals surface area contributed by atoms with Crippen LogP contribution in [0.2, 0.25) is 0 Å². The molecule has 0 saturated heterocycles. The fourth-order valence-corrected chi connectivity index (χ4v) is 4.79. The molecule has 0 unspecified atom stereocenters. The highest BCUT2D eigenvalue weighted by atomic mass is 32.1. The molecule has 5 rings (SSSR count). The first-order chi connectivity index (χ1) is 14.1. The molecule has 0 bridgehead atoms. The quantitative estimate of drug-likeness (QED) is 0.527. The van der Waals surface area contributed by atoms with Gasteiger partial charge in [0.2, 0.25) is 5.91 Å². The molecular weight excluding hydrogens is 384 g/mol. The average Bonchev–Trinajstić information content (AvgIpc) is 3.30. The Balaban J connectivity index is 1.52. The van der Waals surface area contributed by atoms with Gasteiger partial charge in [0.15, 0.2) is 5.13 Å². The molecular formula is C22H18N4O2S. The Morgan fingerprint density at radius 3 is 2.72 bits per heavy atom. The summed E-state index contributed by atoms with van der Waals surface area (Å²) in [5, 5.41) is 7.16. The summed E-state index contributed by atoms with van der Waals surface area (Å²) >= 11 is 1.39. The lowest BCUT2D eigenvalue weighted by Gasteiger charge is -2.11. The first kappa shape index (κ1) is 17.8. The second-order valence-electron chi connectivity index (χ2n) is 7.12. The van der Waals surface area contributed by atoms with Crippen molar-refractivity contribution >= 4 is 55.1 Å². The number of nitrogens with zero attached hydrogens (tertiary/aromatic N) is 2. The molecule has 0 aliphatic heterocycles. The van der Waals surface area contributed by atoms with Gasteiger partial charge in [-0.15, -0.1) is 0 Å². The molecule has 0 radical (unpaired) electrons. The number of hydrogen-bond acceptors (Lipinski definition) is 5. The topological polar surface area (TPSA) is 84.0 Å². The summed E-state index contributed by atoms with van der Waals surface area (Å²) in [6.45, 7) is 1.47. The predicted octanol–water partition coefficient (Wildman–Crippen LogP) is 4.54. The van der Waals surface area contributed by atoms with Crippen LogP contribution in [-0.4, -0.2) is 21.8 Å². The third-order valence-corrected chi connectivity index (χ3v) is 6.01. The number of thiazole rings is 1. The van der Waals surface area contributed by atoms with E-state index in [0.717, 1.165) is 51.6 Å². The lowest BCUT2D eigenvalue weighted by molar-refractivity contribution is -0.114. The largest absolute Gasteiger partial charge is 0.326 e. The Labute approximate surface area is 171 Å². The van der Waals surface area contributed by atoms with Crippen molar-refractivity contribution in [3.05, 3.63) is 59.3 Å². The van der Waals surface area contributed by atoms with Gasteiger partial charge >= 0.3 is 0 Å². The van der Waals surface area contributed by atoms with E-state index in [9.17, 15) is 9.59 Å². The molecule has 0 saturated carbocycles. The van der Waals surface area contributed by atoms with Crippen molar-refractivity contribution in [3.8, 4) is 0 Å². The number of pyridine rings is 1. The summed E-state index contributed by atoms with van der Waals surface area (Å²) in [6.07, 6.45) is 2.80. The molecule has 0 fully saturated rings. The molecule has 4 aromatic rings. The number of benzene rings is 2. The molecule has 2 heterocycles. The molecule has 29 heavy (non-hydrogen) atoms. The maximum Gasteiger partial charge on any atom is 0.258 e. The molecule has 2 aromatic carbocycles. The lowest BCUT2D eigenvalue weighted by Crippen LogP contribution is -2.15. The van der Waals surface area contributed by atoms with Gasteiger partial charge in [0.1, 0.15) is 0 Å². The molecule has 1 aliphatic carbocycles. The van der Waals surface area contributed by atoms with Gasteiger partial charge in [-0.05, 0) is 49.1 Å². The van der Waals surface area contributed by atoms with Gasteiger partial charge in [-0.2, -0.15) is 0 Å². The Kier molecular flexibility index (Phi) is 4.24. The van der Waals surface area contributed by atoms with Crippen LogP contribution in [0.25, 0.3) is 21.1 Å². The fourth-order valence-electron chi connectivity index (χ4n) is 3.89. The summed E-state index contributed by atoms with van der Waals surface area (Å²) in [5.41, 5.74) is 5.13. The number of carbonyl (C=O) groups is 2. The minimum atomic E-state index is -0.150. The number of aromatic nitrogens is 2. The number of fused-ring (bicyclic) bond motifs is 3. The van der Waals surface area contributed by atoms with E-state index in [1.54, 1.807) is 6.07 Å². The van der Waals surface area contributed by atoms with Crippen LogP contribution in [0.15, 0.2) is 42.5 Å². The zero-order valence-electron chi connectivity index (χ0n) is 15.8. The second-order valence-corrected chi connectivity index (χ2v) is 8.15. The number of hydrogen-bond donors (Lipinski definition) is 2. The lowest BCUT2D eigenvalue weighted by atomic mass is 10.0. The molecule has 2 amide bonds. The molecule has 7 heteroatoms. The van der Waals surface area contributed by atoms with E-state index in [1.807, 2.05) is 36.4 Å².